The van der Waals surface area contributed by atoms with Gasteiger partial charge in [-0.15, -0.1) is 5.10 Å². The molecule has 1 saturated heterocycles. The minimum atomic E-state index is -0.311. The molecule has 1 aromatic heterocycles. The van der Waals surface area contributed by atoms with Crippen LogP contribution in [0.1, 0.15) is 48.8 Å². The van der Waals surface area contributed by atoms with Crippen LogP contribution in [-0.2, 0) is 5.41 Å². The summed E-state index contributed by atoms with van der Waals surface area (Å²) in [6.07, 6.45) is 3.69. The Morgan fingerprint density at radius 3 is 2.68 bits per heavy atom. The van der Waals surface area contributed by atoms with Crippen molar-refractivity contribution in [2.24, 2.45) is 0 Å². The molecule has 2 aromatic rings. The highest BCUT2D eigenvalue weighted by Crippen LogP contribution is 2.22. The summed E-state index contributed by atoms with van der Waals surface area (Å²) in [5.41, 5.74) is 0.981. The van der Waals surface area contributed by atoms with E-state index in [2.05, 4.69) is 20.9 Å². The number of nitrogens with one attached hydrogen (secondary N) is 2. The number of aromatic nitrogens is 3. The van der Waals surface area contributed by atoms with E-state index in [1.165, 1.54) is 12.1 Å². The third kappa shape index (κ3) is 4.22. The van der Waals surface area contributed by atoms with Gasteiger partial charge in [-0.3, -0.25) is 4.79 Å². The van der Waals surface area contributed by atoms with Crippen molar-refractivity contribution < 1.29 is 9.18 Å². The van der Waals surface area contributed by atoms with Crippen LogP contribution in [0.3, 0.4) is 0 Å². The van der Waals surface area contributed by atoms with Crippen molar-refractivity contribution in [3.8, 4) is 0 Å². The van der Waals surface area contributed by atoms with E-state index in [9.17, 15) is 9.18 Å². The molecule has 1 amide bonds. The van der Waals surface area contributed by atoms with Crippen LogP contribution < -0.4 is 10.6 Å². The number of hydrogen-bond acceptors (Lipinski definition) is 4. The molecule has 1 aliphatic rings. The quantitative estimate of drug-likeness (QED) is 0.870. The highest BCUT2D eigenvalue weighted by atomic mass is 19.1. The van der Waals surface area contributed by atoms with Crippen molar-refractivity contribution >= 4 is 5.91 Å². The molecule has 3 rings (SSSR count). The van der Waals surface area contributed by atoms with Crippen molar-refractivity contribution in [3.05, 3.63) is 47.5 Å². The van der Waals surface area contributed by atoms with Crippen LogP contribution in [0.25, 0.3) is 0 Å². The number of rotatable bonds is 5. The van der Waals surface area contributed by atoms with Crippen molar-refractivity contribution in [1.29, 1.82) is 0 Å². The number of nitrogens with zero attached hydrogens (tertiary/aromatic N) is 3. The van der Waals surface area contributed by atoms with Gasteiger partial charge in [0.2, 0.25) is 0 Å². The Morgan fingerprint density at radius 2 is 2.00 bits per heavy atom. The third-order valence-electron chi connectivity index (χ3n) is 4.74. The Kier molecular flexibility index (Phi) is 5.13. The van der Waals surface area contributed by atoms with E-state index in [0.717, 1.165) is 31.5 Å². The molecule has 0 bridgehead atoms. The van der Waals surface area contributed by atoms with E-state index in [1.54, 1.807) is 23.0 Å². The van der Waals surface area contributed by atoms with Gasteiger partial charge in [0.1, 0.15) is 5.82 Å². The third-order valence-corrected chi connectivity index (χ3v) is 4.74. The highest BCUT2D eigenvalue weighted by Gasteiger charge is 2.23. The predicted molar refractivity (Wildman–Crippen MR) is 92.9 cm³/mol. The second kappa shape index (κ2) is 7.31. The summed E-state index contributed by atoms with van der Waals surface area (Å²) in [4.78, 5) is 12.4. The number of carbonyl (C=O) groups excluding carboxylic acids is 1. The minimum absolute atomic E-state index is 0.240. The Bertz CT molecular complexity index is 719. The summed E-state index contributed by atoms with van der Waals surface area (Å²) in [6.45, 7) is 6.35. The second-order valence-corrected chi connectivity index (χ2v) is 7.14. The molecule has 0 aliphatic carbocycles. The number of amides is 1. The van der Waals surface area contributed by atoms with E-state index in [4.69, 9.17) is 0 Å². The zero-order valence-corrected chi connectivity index (χ0v) is 14.6. The predicted octanol–water partition coefficient (Wildman–Crippen LogP) is 2.05. The monoisotopic (exact) mass is 345 g/mol. The number of carbonyl (C=O) groups is 1. The Labute approximate surface area is 146 Å². The fourth-order valence-electron chi connectivity index (χ4n) is 3.03. The largest absolute Gasteiger partial charge is 0.350 e. The SMILES string of the molecule is CC(C)(CNC(=O)c1cn(C2CCNCC2)nn1)c1ccc(F)cc1. The Hall–Kier alpha value is -2.28. The van der Waals surface area contributed by atoms with Gasteiger partial charge in [0, 0.05) is 12.0 Å². The number of benzene rings is 1. The summed E-state index contributed by atoms with van der Waals surface area (Å²) in [5.74, 6) is -0.506. The van der Waals surface area contributed by atoms with Crippen molar-refractivity contribution in [2.75, 3.05) is 19.6 Å². The lowest BCUT2D eigenvalue weighted by Gasteiger charge is -2.25. The molecule has 1 aromatic carbocycles. The molecule has 1 aliphatic heterocycles. The van der Waals surface area contributed by atoms with E-state index in [1.807, 2.05) is 13.8 Å². The fourth-order valence-corrected chi connectivity index (χ4v) is 3.03. The lowest BCUT2D eigenvalue weighted by Crippen LogP contribution is -2.36. The van der Waals surface area contributed by atoms with Gasteiger partial charge in [0.25, 0.3) is 5.91 Å². The molecular formula is C18H24FN5O. The molecule has 2 heterocycles. The van der Waals surface area contributed by atoms with Crippen molar-refractivity contribution in [1.82, 2.24) is 25.6 Å². The first kappa shape index (κ1) is 17.5. The lowest BCUT2D eigenvalue weighted by atomic mass is 9.84. The molecule has 0 spiro atoms. The lowest BCUT2D eigenvalue weighted by molar-refractivity contribution is 0.0940. The summed E-state index contributed by atoms with van der Waals surface area (Å²) in [7, 11) is 0. The van der Waals surface area contributed by atoms with Crippen LogP contribution in [-0.4, -0.2) is 40.5 Å². The number of halogens is 1. The molecular weight excluding hydrogens is 321 g/mol. The first-order chi connectivity index (χ1) is 12.0. The molecule has 134 valence electrons. The highest BCUT2D eigenvalue weighted by molar-refractivity contribution is 5.91. The maximum absolute atomic E-state index is 13.1. The van der Waals surface area contributed by atoms with E-state index >= 15 is 0 Å². The standard InChI is InChI=1S/C18H24FN5O/c1-18(2,13-3-5-14(19)6-4-13)12-21-17(25)16-11-24(23-22-16)15-7-9-20-10-8-15/h3-6,11,15,20H,7-10,12H2,1-2H3,(H,21,25). The molecule has 0 saturated carbocycles. The molecule has 25 heavy (non-hydrogen) atoms. The Balaban J connectivity index is 1.60. The molecule has 0 radical (unpaired) electrons. The van der Waals surface area contributed by atoms with Crippen molar-refractivity contribution in [3.63, 3.8) is 0 Å². The zero-order valence-electron chi connectivity index (χ0n) is 14.6. The van der Waals surface area contributed by atoms with Crippen LogP contribution in [0.2, 0.25) is 0 Å². The van der Waals surface area contributed by atoms with E-state index in [-0.39, 0.29) is 17.1 Å². The smallest absolute Gasteiger partial charge is 0.273 e. The van der Waals surface area contributed by atoms with Crippen LogP contribution in [0.4, 0.5) is 4.39 Å². The molecule has 0 atom stereocenters. The van der Waals surface area contributed by atoms with Crippen LogP contribution in [0, 0.1) is 5.82 Å². The van der Waals surface area contributed by atoms with Crippen LogP contribution >= 0.6 is 0 Å². The summed E-state index contributed by atoms with van der Waals surface area (Å²) in [6, 6.07) is 6.66. The average molecular weight is 345 g/mol. The van der Waals surface area contributed by atoms with Gasteiger partial charge >= 0.3 is 0 Å². The van der Waals surface area contributed by atoms with Crippen LogP contribution in [0.5, 0.6) is 0 Å². The van der Waals surface area contributed by atoms with E-state index in [0.29, 0.717) is 18.3 Å². The van der Waals surface area contributed by atoms with Gasteiger partial charge in [-0.1, -0.05) is 31.2 Å². The van der Waals surface area contributed by atoms with Gasteiger partial charge < -0.3 is 10.6 Å². The molecule has 7 heteroatoms. The number of hydrogen-bond donors (Lipinski definition) is 2. The maximum atomic E-state index is 13.1. The molecule has 6 nitrogen and oxygen atoms in total. The summed E-state index contributed by atoms with van der Waals surface area (Å²) < 4.78 is 14.9. The Morgan fingerprint density at radius 1 is 1.32 bits per heavy atom. The summed E-state index contributed by atoms with van der Waals surface area (Å²) >= 11 is 0. The van der Waals surface area contributed by atoms with Crippen molar-refractivity contribution in [2.45, 2.75) is 38.1 Å². The molecule has 0 unspecified atom stereocenters. The van der Waals surface area contributed by atoms with Crippen LogP contribution in [0.15, 0.2) is 30.5 Å². The van der Waals surface area contributed by atoms with Gasteiger partial charge in [-0.25, -0.2) is 9.07 Å². The van der Waals surface area contributed by atoms with Gasteiger partial charge in [-0.2, -0.15) is 0 Å². The second-order valence-electron chi connectivity index (χ2n) is 7.14. The maximum Gasteiger partial charge on any atom is 0.273 e. The van der Waals surface area contributed by atoms with Gasteiger partial charge in [0.05, 0.1) is 12.2 Å². The number of piperidine rings is 1. The topological polar surface area (TPSA) is 71.8 Å². The zero-order chi connectivity index (χ0) is 17.9. The van der Waals surface area contributed by atoms with Gasteiger partial charge in [0.15, 0.2) is 5.69 Å². The average Bonchev–Trinajstić information content (AvgIpc) is 3.11. The normalized spacial score (nSPS) is 16.0. The molecule has 1 fully saturated rings. The van der Waals surface area contributed by atoms with Gasteiger partial charge in [-0.05, 0) is 43.6 Å². The first-order valence-corrected chi connectivity index (χ1v) is 8.62. The summed E-state index contributed by atoms with van der Waals surface area (Å²) in [5, 5.41) is 14.3. The fraction of sp³-hybridized carbons (Fsp3) is 0.500. The molecule has 2 N–H and O–H groups in total. The minimum Gasteiger partial charge on any atom is -0.350 e. The van der Waals surface area contributed by atoms with E-state index < -0.39 is 0 Å². The first-order valence-electron chi connectivity index (χ1n) is 8.62.